The van der Waals surface area contributed by atoms with Crippen molar-refractivity contribution in [2.45, 2.75) is 26.7 Å². The van der Waals surface area contributed by atoms with Crippen molar-refractivity contribution in [1.29, 1.82) is 5.26 Å². The molecule has 0 aliphatic carbocycles. The fraction of sp³-hybridized carbons (Fsp3) is 0.227. The highest BCUT2D eigenvalue weighted by Gasteiger charge is 2.24. The molecular formula is C22H21N3O2S. The number of nitriles is 1. The maximum absolute atomic E-state index is 12.3. The fourth-order valence-corrected chi connectivity index (χ4v) is 3.45. The van der Waals surface area contributed by atoms with E-state index in [0.29, 0.717) is 29.5 Å². The van der Waals surface area contributed by atoms with Crippen molar-refractivity contribution < 1.29 is 9.53 Å². The van der Waals surface area contributed by atoms with Gasteiger partial charge in [-0.2, -0.15) is 5.26 Å². The number of amidine groups is 1. The number of unbranched alkanes of at least 4 members (excludes halogenated alkanes) is 1. The first-order valence-corrected chi connectivity index (χ1v) is 9.83. The maximum atomic E-state index is 12.3. The van der Waals surface area contributed by atoms with Gasteiger partial charge in [0.15, 0.2) is 5.17 Å². The summed E-state index contributed by atoms with van der Waals surface area (Å²) >= 11 is 1.33. The SMILES string of the molecule is Cc1ccc(C)c(N=C2NC(=O)/C(=C/c3cccc(OCCCC#N)c3)S2)c1. The predicted molar refractivity (Wildman–Crippen MR) is 114 cm³/mol. The number of carbonyl (C=O) groups is 1. The van der Waals surface area contributed by atoms with E-state index in [1.54, 1.807) is 0 Å². The number of aryl methyl sites for hydroxylation is 2. The molecule has 0 saturated carbocycles. The molecule has 1 aliphatic heterocycles. The third-order valence-corrected chi connectivity index (χ3v) is 5.00. The van der Waals surface area contributed by atoms with Gasteiger partial charge in [0, 0.05) is 6.42 Å². The van der Waals surface area contributed by atoms with Gasteiger partial charge in [0.2, 0.25) is 0 Å². The largest absolute Gasteiger partial charge is 0.494 e. The van der Waals surface area contributed by atoms with Crippen LogP contribution in [-0.4, -0.2) is 17.7 Å². The minimum absolute atomic E-state index is 0.158. The van der Waals surface area contributed by atoms with Crippen molar-refractivity contribution in [3.8, 4) is 11.8 Å². The van der Waals surface area contributed by atoms with Gasteiger partial charge in [0.05, 0.1) is 23.3 Å². The Morgan fingerprint density at radius 1 is 1.25 bits per heavy atom. The lowest BCUT2D eigenvalue weighted by atomic mass is 10.1. The van der Waals surface area contributed by atoms with Crippen LogP contribution in [0.2, 0.25) is 0 Å². The number of hydrogen-bond acceptors (Lipinski definition) is 5. The van der Waals surface area contributed by atoms with Gasteiger partial charge in [0.1, 0.15) is 5.75 Å². The third kappa shape index (κ3) is 5.24. The second kappa shape index (κ2) is 9.25. The molecular weight excluding hydrogens is 370 g/mol. The molecule has 3 rings (SSSR count). The average Bonchev–Trinajstić information content (AvgIpc) is 3.01. The van der Waals surface area contributed by atoms with E-state index in [0.717, 1.165) is 28.1 Å². The van der Waals surface area contributed by atoms with Crippen LogP contribution in [0.3, 0.4) is 0 Å². The number of hydrogen-bond donors (Lipinski definition) is 1. The van der Waals surface area contributed by atoms with E-state index in [1.807, 2.05) is 62.4 Å². The first-order valence-electron chi connectivity index (χ1n) is 9.02. The van der Waals surface area contributed by atoms with Gasteiger partial charge >= 0.3 is 0 Å². The molecule has 28 heavy (non-hydrogen) atoms. The molecule has 1 heterocycles. The van der Waals surface area contributed by atoms with Crippen LogP contribution < -0.4 is 10.1 Å². The molecule has 1 amide bonds. The summed E-state index contributed by atoms with van der Waals surface area (Å²) in [6, 6.07) is 15.7. The van der Waals surface area contributed by atoms with Gasteiger partial charge in [0.25, 0.3) is 5.91 Å². The normalized spacial score (nSPS) is 16.2. The summed E-state index contributed by atoms with van der Waals surface area (Å²) < 4.78 is 5.65. The number of thioether (sulfide) groups is 1. The van der Waals surface area contributed by atoms with Crippen molar-refractivity contribution in [3.05, 3.63) is 64.1 Å². The second-order valence-electron chi connectivity index (χ2n) is 6.45. The minimum atomic E-state index is -0.158. The van der Waals surface area contributed by atoms with Crippen LogP contribution in [0.5, 0.6) is 5.75 Å². The minimum Gasteiger partial charge on any atom is -0.494 e. The van der Waals surface area contributed by atoms with Crippen LogP contribution in [0.1, 0.15) is 29.5 Å². The number of nitrogens with one attached hydrogen (secondary N) is 1. The zero-order valence-corrected chi connectivity index (χ0v) is 16.7. The summed E-state index contributed by atoms with van der Waals surface area (Å²) in [6.45, 7) is 4.51. The zero-order valence-electron chi connectivity index (χ0n) is 15.9. The standard InChI is InChI=1S/C22H21N3O2S/c1-15-8-9-16(2)19(12-15)24-22-25-21(26)20(28-22)14-17-6-5-7-18(13-17)27-11-4-3-10-23/h5-9,12-14H,3-4,11H2,1-2H3,(H,24,25,26)/b20-14-. The van der Waals surface area contributed by atoms with Crippen LogP contribution in [-0.2, 0) is 4.79 Å². The smallest absolute Gasteiger partial charge is 0.264 e. The van der Waals surface area contributed by atoms with Crippen LogP contribution in [0, 0.1) is 25.2 Å². The lowest BCUT2D eigenvalue weighted by Crippen LogP contribution is -2.19. The Morgan fingerprint density at radius 2 is 2.11 bits per heavy atom. The molecule has 0 unspecified atom stereocenters. The van der Waals surface area contributed by atoms with E-state index in [9.17, 15) is 4.79 Å². The highest BCUT2D eigenvalue weighted by molar-refractivity contribution is 8.18. The lowest BCUT2D eigenvalue weighted by molar-refractivity contribution is -0.115. The summed E-state index contributed by atoms with van der Waals surface area (Å²) in [5.41, 5.74) is 3.92. The van der Waals surface area contributed by atoms with Crippen LogP contribution in [0.4, 0.5) is 5.69 Å². The molecule has 1 aliphatic rings. The monoisotopic (exact) mass is 391 g/mol. The molecule has 5 nitrogen and oxygen atoms in total. The molecule has 1 N–H and O–H groups in total. The number of aliphatic imine (C=N–C) groups is 1. The molecule has 2 aromatic carbocycles. The Hall–Kier alpha value is -3.04. The Labute approximate surface area is 169 Å². The van der Waals surface area contributed by atoms with Gasteiger partial charge in [-0.3, -0.25) is 4.79 Å². The van der Waals surface area contributed by atoms with Crippen molar-refractivity contribution >= 4 is 34.6 Å². The topological polar surface area (TPSA) is 74.5 Å². The van der Waals surface area contributed by atoms with E-state index in [-0.39, 0.29) is 5.91 Å². The fourth-order valence-electron chi connectivity index (χ4n) is 2.62. The highest BCUT2D eigenvalue weighted by atomic mass is 32.2. The number of benzene rings is 2. The van der Waals surface area contributed by atoms with Crippen molar-refractivity contribution in [2.75, 3.05) is 6.61 Å². The molecule has 0 aromatic heterocycles. The lowest BCUT2D eigenvalue weighted by Gasteiger charge is -2.05. The summed E-state index contributed by atoms with van der Waals surface area (Å²) in [5, 5.41) is 12.0. The van der Waals surface area contributed by atoms with Crippen LogP contribution >= 0.6 is 11.8 Å². The van der Waals surface area contributed by atoms with E-state index >= 15 is 0 Å². The van der Waals surface area contributed by atoms with Crippen molar-refractivity contribution in [2.24, 2.45) is 4.99 Å². The Morgan fingerprint density at radius 3 is 2.93 bits per heavy atom. The van der Waals surface area contributed by atoms with E-state index < -0.39 is 0 Å². The highest BCUT2D eigenvalue weighted by Crippen LogP contribution is 2.30. The number of rotatable bonds is 6. The molecule has 0 bridgehead atoms. The molecule has 2 aromatic rings. The molecule has 6 heteroatoms. The first kappa shape index (κ1) is 19.7. The van der Waals surface area contributed by atoms with Crippen molar-refractivity contribution in [3.63, 3.8) is 0 Å². The van der Waals surface area contributed by atoms with E-state index in [4.69, 9.17) is 10.00 Å². The number of carbonyl (C=O) groups excluding carboxylic acids is 1. The molecule has 0 atom stereocenters. The number of ether oxygens (including phenoxy) is 1. The van der Waals surface area contributed by atoms with Gasteiger partial charge < -0.3 is 10.1 Å². The van der Waals surface area contributed by atoms with Crippen LogP contribution in [0.25, 0.3) is 6.08 Å². The summed E-state index contributed by atoms with van der Waals surface area (Å²) in [4.78, 5) is 17.5. The average molecular weight is 391 g/mol. The van der Waals surface area contributed by atoms with E-state index in [1.165, 1.54) is 11.8 Å². The number of amides is 1. The molecule has 1 fully saturated rings. The zero-order chi connectivity index (χ0) is 19.9. The molecule has 0 spiro atoms. The molecule has 0 radical (unpaired) electrons. The van der Waals surface area contributed by atoms with E-state index in [2.05, 4.69) is 16.4 Å². The Balaban J connectivity index is 1.73. The quantitative estimate of drug-likeness (QED) is 0.563. The maximum Gasteiger partial charge on any atom is 0.264 e. The third-order valence-electron chi connectivity index (χ3n) is 4.10. The predicted octanol–water partition coefficient (Wildman–Crippen LogP) is 4.88. The summed E-state index contributed by atoms with van der Waals surface area (Å²) in [5.74, 6) is 0.564. The Kier molecular flexibility index (Phi) is 6.51. The second-order valence-corrected chi connectivity index (χ2v) is 7.48. The summed E-state index contributed by atoms with van der Waals surface area (Å²) in [7, 11) is 0. The molecule has 1 saturated heterocycles. The van der Waals surface area contributed by atoms with Gasteiger partial charge in [-0.1, -0.05) is 24.3 Å². The van der Waals surface area contributed by atoms with Gasteiger partial charge in [-0.15, -0.1) is 0 Å². The van der Waals surface area contributed by atoms with Crippen LogP contribution in [0.15, 0.2) is 52.4 Å². The first-order chi connectivity index (χ1) is 13.5. The van der Waals surface area contributed by atoms with Gasteiger partial charge in [-0.05, 0) is 73.0 Å². The summed E-state index contributed by atoms with van der Waals surface area (Å²) in [6.07, 6.45) is 3.00. The van der Waals surface area contributed by atoms with Crippen molar-refractivity contribution in [1.82, 2.24) is 5.32 Å². The molecule has 142 valence electrons. The van der Waals surface area contributed by atoms with Gasteiger partial charge in [-0.25, -0.2) is 4.99 Å². The number of nitrogens with zero attached hydrogens (tertiary/aromatic N) is 2. The Bertz CT molecular complexity index is 990.